The lowest BCUT2D eigenvalue weighted by atomic mass is 9.96. The number of hydrogen-bond acceptors (Lipinski definition) is 3. The number of carbonyl (C=O) groups is 1. The highest BCUT2D eigenvalue weighted by Gasteiger charge is 2.40. The Kier molecular flexibility index (Phi) is 4.62. The molecule has 4 heteroatoms. The van der Waals surface area contributed by atoms with E-state index in [4.69, 9.17) is 9.47 Å². The molecular weight excluding hydrogens is 254 g/mol. The molecular formula is C16H29NO3. The number of ether oxygens (including phenoxy) is 2. The Morgan fingerprint density at radius 3 is 2.45 bits per heavy atom. The minimum absolute atomic E-state index is 0.196. The van der Waals surface area contributed by atoms with E-state index in [9.17, 15) is 4.79 Å². The molecule has 0 radical (unpaired) electrons. The van der Waals surface area contributed by atoms with Crippen LogP contribution in [-0.2, 0) is 9.47 Å². The van der Waals surface area contributed by atoms with Crippen molar-refractivity contribution in [3.05, 3.63) is 0 Å². The Bertz CT molecular complexity index is 344. The number of rotatable bonds is 2. The molecule has 0 aromatic rings. The Balaban J connectivity index is 1.85. The van der Waals surface area contributed by atoms with Crippen LogP contribution in [0.1, 0.15) is 66.2 Å². The van der Waals surface area contributed by atoms with Crippen LogP contribution in [0, 0.1) is 0 Å². The highest BCUT2D eigenvalue weighted by Crippen LogP contribution is 2.31. The fourth-order valence-electron chi connectivity index (χ4n) is 3.10. The Morgan fingerprint density at radius 2 is 1.85 bits per heavy atom. The quantitative estimate of drug-likeness (QED) is 0.775. The van der Waals surface area contributed by atoms with Gasteiger partial charge in [-0.05, 0) is 47.0 Å². The molecule has 1 amide bonds. The number of carbonyl (C=O) groups excluding carboxylic acids is 1. The largest absolute Gasteiger partial charge is 0.444 e. The summed E-state index contributed by atoms with van der Waals surface area (Å²) in [5.41, 5.74) is -0.626. The summed E-state index contributed by atoms with van der Waals surface area (Å²) in [6.07, 6.45) is 7.29. The minimum Gasteiger partial charge on any atom is -0.444 e. The van der Waals surface area contributed by atoms with E-state index < -0.39 is 5.60 Å². The van der Waals surface area contributed by atoms with Crippen LogP contribution in [-0.4, -0.2) is 41.4 Å². The average Bonchev–Trinajstić information content (AvgIpc) is 2.71. The van der Waals surface area contributed by atoms with Crippen molar-refractivity contribution in [2.75, 3.05) is 13.1 Å². The van der Waals surface area contributed by atoms with Crippen LogP contribution in [0.2, 0.25) is 0 Å². The summed E-state index contributed by atoms with van der Waals surface area (Å²) in [6, 6.07) is 0. The van der Waals surface area contributed by atoms with Crippen molar-refractivity contribution in [3.63, 3.8) is 0 Å². The topological polar surface area (TPSA) is 38.8 Å². The van der Waals surface area contributed by atoms with Crippen molar-refractivity contribution >= 4 is 6.09 Å². The Hall–Kier alpha value is -0.770. The fraction of sp³-hybridized carbons (Fsp3) is 0.938. The predicted octanol–water partition coefficient (Wildman–Crippen LogP) is 3.74. The molecule has 0 spiro atoms. The lowest BCUT2D eigenvalue weighted by Crippen LogP contribution is -2.41. The van der Waals surface area contributed by atoms with Crippen LogP contribution in [0.15, 0.2) is 0 Å². The molecule has 1 heterocycles. The van der Waals surface area contributed by atoms with E-state index in [0.29, 0.717) is 12.6 Å². The molecule has 1 saturated carbocycles. The Labute approximate surface area is 122 Å². The molecule has 1 aliphatic carbocycles. The van der Waals surface area contributed by atoms with Gasteiger partial charge in [0.05, 0.1) is 18.2 Å². The summed E-state index contributed by atoms with van der Waals surface area (Å²) in [7, 11) is 0. The van der Waals surface area contributed by atoms with Crippen molar-refractivity contribution in [2.45, 2.75) is 83.5 Å². The summed E-state index contributed by atoms with van der Waals surface area (Å²) in [6.45, 7) is 9.22. The zero-order valence-corrected chi connectivity index (χ0v) is 13.4. The van der Waals surface area contributed by atoms with Crippen molar-refractivity contribution < 1.29 is 14.3 Å². The molecule has 20 heavy (non-hydrogen) atoms. The monoisotopic (exact) mass is 283 g/mol. The van der Waals surface area contributed by atoms with E-state index in [0.717, 1.165) is 13.0 Å². The standard InChI is InChI=1S/C16H29NO3/c1-15(2,3)20-14(18)17-11-10-16(4,12-17)19-13-8-6-5-7-9-13/h13H,5-12H2,1-4H3. The zero-order valence-electron chi connectivity index (χ0n) is 13.4. The molecule has 0 N–H and O–H groups in total. The van der Waals surface area contributed by atoms with E-state index in [1.54, 1.807) is 4.90 Å². The normalized spacial score (nSPS) is 28.7. The molecule has 116 valence electrons. The van der Waals surface area contributed by atoms with Crippen molar-refractivity contribution in [3.8, 4) is 0 Å². The molecule has 2 fully saturated rings. The van der Waals surface area contributed by atoms with Gasteiger partial charge in [-0.25, -0.2) is 4.79 Å². The van der Waals surface area contributed by atoms with Crippen molar-refractivity contribution in [1.82, 2.24) is 4.90 Å². The zero-order chi connectivity index (χ0) is 14.8. The van der Waals surface area contributed by atoms with Gasteiger partial charge in [-0.3, -0.25) is 0 Å². The van der Waals surface area contributed by atoms with Gasteiger partial charge in [0, 0.05) is 6.54 Å². The van der Waals surface area contributed by atoms with Gasteiger partial charge in [0.2, 0.25) is 0 Å². The maximum atomic E-state index is 12.1. The highest BCUT2D eigenvalue weighted by molar-refractivity contribution is 5.68. The second-order valence-corrected chi connectivity index (χ2v) is 7.48. The molecule has 1 saturated heterocycles. The average molecular weight is 283 g/mol. The van der Waals surface area contributed by atoms with Crippen molar-refractivity contribution in [2.24, 2.45) is 0 Å². The SMILES string of the molecule is CC(C)(C)OC(=O)N1CCC(C)(OC2CCCCC2)C1. The number of likely N-dealkylation sites (tertiary alicyclic amines) is 1. The van der Waals surface area contributed by atoms with Gasteiger partial charge in [-0.2, -0.15) is 0 Å². The smallest absolute Gasteiger partial charge is 0.410 e. The van der Waals surface area contributed by atoms with Gasteiger partial charge in [-0.15, -0.1) is 0 Å². The van der Waals surface area contributed by atoms with Crippen LogP contribution in [0.5, 0.6) is 0 Å². The van der Waals surface area contributed by atoms with Gasteiger partial charge in [0.15, 0.2) is 0 Å². The third kappa shape index (κ3) is 4.37. The van der Waals surface area contributed by atoms with Crippen LogP contribution >= 0.6 is 0 Å². The molecule has 1 aliphatic heterocycles. The lowest BCUT2D eigenvalue weighted by Gasteiger charge is -2.33. The first kappa shape index (κ1) is 15.6. The predicted molar refractivity (Wildman–Crippen MR) is 78.8 cm³/mol. The third-order valence-corrected chi connectivity index (χ3v) is 4.09. The molecule has 2 rings (SSSR count). The highest BCUT2D eigenvalue weighted by atomic mass is 16.6. The molecule has 1 unspecified atom stereocenters. The number of amides is 1. The van der Waals surface area contributed by atoms with Crippen LogP contribution in [0.25, 0.3) is 0 Å². The van der Waals surface area contributed by atoms with Gasteiger partial charge >= 0.3 is 6.09 Å². The van der Waals surface area contributed by atoms with E-state index >= 15 is 0 Å². The van der Waals surface area contributed by atoms with Crippen molar-refractivity contribution in [1.29, 1.82) is 0 Å². The van der Waals surface area contributed by atoms with Gasteiger partial charge in [-0.1, -0.05) is 19.3 Å². The maximum absolute atomic E-state index is 12.1. The lowest BCUT2D eigenvalue weighted by molar-refractivity contribution is -0.0880. The molecule has 0 aromatic heterocycles. The van der Waals surface area contributed by atoms with E-state index in [2.05, 4.69) is 6.92 Å². The molecule has 2 aliphatic rings. The number of nitrogens with zero attached hydrogens (tertiary/aromatic N) is 1. The summed E-state index contributed by atoms with van der Waals surface area (Å²) >= 11 is 0. The van der Waals surface area contributed by atoms with E-state index in [-0.39, 0.29) is 11.7 Å². The van der Waals surface area contributed by atoms with Gasteiger partial charge in [0.25, 0.3) is 0 Å². The first-order valence-electron chi connectivity index (χ1n) is 7.93. The van der Waals surface area contributed by atoms with Crippen LogP contribution < -0.4 is 0 Å². The summed E-state index contributed by atoms with van der Waals surface area (Å²) in [4.78, 5) is 13.9. The molecule has 0 bridgehead atoms. The second kappa shape index (κ2) is 5.92. The maximum Gasteiger partial charge on any atom is 0.410 e. The molecule has 0 aromatic carbocycles. The first-order chi connectivity index (χ1) is 9.27. The minimum atomic E-state index is -0.430. The molecule has 4 nitrogen and oxygen atoms in total. The molecule has 1 atom stereocenters. The van der Waals surface area contributed by atoms with Gasteiger partial charge in [0.1, 0.15) is 5.60 Å². The summed E-state index contributed by atoms with van der Waals surface area (Å²) < 4.78 is 11.7. The summed E-state index contributed by atoms with van der Waals surface area (Å²) in [5.74, 6) is 0. The first-order valence-corrected chi connectivity index (χ1v) is 7.93. The second-order valence-electron chi connectivity index (χ2n) is 7.48. The third-order valence-electron chi connectivity index (χ3n) is 4.09. The van der Waals surface area contributed by atoms with Crippen LogP contribution in [0.4, 0.5) is 4.79 Å². The Morgan fingerprint density at radius 1 is 1.20 bits per heavy atom. The fourth-order valence-corrected chi connectivity index (χ4v) is 3.10. The summed E-state index contributed by atoms with van der Waals surface area (Å²) in [5, 5.41) is 0. The van der Waals surface area contributed by atoms with E-state index in [1.165, 1.54) is 32.1 Å². The van der Waals surface area contributed by atoms with Crippen LogP contribution in [0.3, 0.4) is 0 Å². The van der Waals surface area contributed by atoms with Gasteiger partial charge < -0.3 is 14.4 Å². The van der Waals surface area contributed by atoms with E-state index in [1.807, 2.05) is 20.8 Å². The number of hydrogen-bond donors (Lipinski definition) is 0.